The maximum Gasteiger partial charge on any atom is 0.412 e. The number of rotatable bonds is 5. The summed E-state index contributed by atoms with van der Waals surface area (Å²) in [5.41, 5.74) is -0.0469. The van der Waals surface area contributed by atoms with Crippen molar-refractivity contribution < 1.29 is 14.3 Å². The lowest BCUT2D eigenvalue weighted by molar-refractivity contribution is -0.0000647. The summed E-state index contributed by atoms with van der Waals surface area (Å²) in [5, 5.41) is 0. The van der Waals surface area contributed by atoms with Crippen LogP contribution in [0.5, 0.6) is 0 Å². The molecule has 0 aliphatic rings. The third kappa shape index (κ3) is 6.19. The summed E-state index contributed by atoms with van der Waals surface area (Å²) in [7, 11) is 1.50. The molecule has 0 aromatic rings. The third-order valence-electron chi connectivity index (χ3n) is 1.53. The highest BCUT2D eigenvalue weighted by molar-refractivity contribution is 5.68. The lowest BCUT2D eigenvalue weighted by atomic mass is 10.2. The van der Waals surface area contributed by atoms with Crippen LogP contribution in [0.2, 0.25) is 0 Å². The minimum Gasteiger partial charge on any atom is -0.444 e. The van der Waals surface area contributed by atoms with Crippen LogP contribution < -0.4 is 0 Å². The van der Waals surface area contributed by atoms with Crippen LogP contribution in [0, 0.1) is 0 Å². The van der Waals surface area contributed by atoms with Crippen LogP contribution in [0.3, 0.4) is 0 Å². The van der Waals surface area contributed by atoms with E-state index in [2.05, 4.69) is 18.3 Å². The molecule has 0 spiro atoms. The van der Waals surface area contributed by atoms with E-state index in [0.717, 1.165) is 0 Å². The molecule has 0 atom stereocenters. The van der Waals surface area contributed by atoms with Crippen LogP contribution >= 0.6 is 0 Å². The molecule has 0 aliphatic carbocycles. The van der Waals surface area contributed by atoms with E-state index >= 15 is 0 Å². The van der Waals surface area contributed by atoms with Crippen LogP contribution in [0.4, 0.5) is 4.79 Å². The van der Waals surface area contributed by atoms with Gasteiger partial charge in [-0.3, -0.25) is 9.89 Å². The van der Waals surface area contributed by atoms with Gasteiger partial charge in [0, 0.05) is 7.11 Å². The van der Waals surface area contributed by atoms with Crippen molar-refractivity contribution >= 4 is 12.8 Å². The second kappa shape index (κ2) is 6.27. The summed E-state index contributed by atoms with van der Waals surface area (Å²) < 4.78 is 10.1. The van der Waals surface area contributed by atoms with Crippen LogP contribution in [0.1, 0.15) is 20.8 Å². The molecule has 0 radical (unpaired) electrons. The predicted octanol–water partition coefficient (Wildman–Crippen LogP) is 2.04. The quantitative estimate of drug-likeness (QED) is 0.534. The number of hydrogen-bond acceptors (Lipinski definition) is 4. The summed E-state index contributed by atoms with van der Waals surface area (Å²) >= 11 is 0. The Kier molecular flexibility index (Phi) is 5.74. The first-order valence-electron chi connectivity index (χ1n) is 4.91. The highest BCUT2D eigenvalue weighted by atomic mass is 16.6. The van der Waals surface area contributed by atoms with Crippen molar-refractivity contribution in [3.05, 3.63) is 12.3 Å². The van der Waals surface area contributed by atoms with Gasteiger partial charge in [-0.05, 0) is 27.5 Å². The van der Waals surface area contributed by atoms with Crippen molar-refractivity contribution in [1.29, 1.82) is 0 Å². The SMILES string of the molecule is C=NC(=C)CN(COC)C(=O)OC(C)(C)C. The van der Waals surface area contributed by atoms with Gasteiger partial charge in [-0.25, -0.2) is 4.79 Å². The van der Waals surface area contributed by atoms with E-state index in [0.29, 0.717) is 5.70 Å². The molecule has 1 amide bonds. The average Bonchev–Trinajstić information content (AvgIpc) is 2.14. The van der Waals surface area contributed by atoms with Gasteiger partial charge in [0.15, 0.2) is 0 Å². The van der Waals surface area contributed by atoms with Gasteiger partial charge in [0.05, 0.1) is 12.2 Å². The smallest absolute Gasteiger partial charge is 0.412 e. The molecular formula is C11H20N2O3. The Labute approximate surface area is 96.7 Å². The number of nitrogens with zero attached hydrogens (tertiary/aromatic N) is 2. The number of aliphatic imine (C=N–C) groups is 1. The molecule has 0 aromatic carbocycles. The third-order valence-corrected chi connectivity index (χ3v) is 1.53. The minimum atomic E-state index is -0.536. The average molecular weight is 228 g/mol. The molecule has 92 valence electrons. The minimum absolute atomic E-state index is 0.128. The molecule has 16 heavy (non-hydrogen) atoms. The number of carbonyl (C=O) groups is 1. The summed E-state index contributed by atoms with van der Waals surface area (Å²) in [4.78, 5) is 16.7. The molecule has 0 aliphatic heterocycles. The van der Waals surface area contributed by atoms with Crippen molar-refractivity contribution in [3.8, 4) is 0 Å². The fourth-order valence-electron chi connectivity index (χ4n) is 0.916. The van der Waals surface area contributed by atoms with E-state index in [1.165, 1.54) is 12.0 Å². The van der Waals surface area contributed by atoms with E-state index in [1.807, 2.05) is 0 Å². The number of methoxy groups -OCH3 is 1. The molecule has 5 heteroatoms. The van der Waals surface area contributed by atoms with Gasteiger partial charge in [-0.15, -0.1) is 0 Å². The molecule has 0 saturated carbocycles. The topological polar surface area (TPSA) is 51.1 Å². The lowest BCUT2D eigenvalue weighted by Crippen LogP contribution is -2.38. The second-order valence-corrected chi connectivity index (χ2v) is 4.32. The Hall–Kier alpha value is -1.36. The van der Waals surface area contributed by atoms with Crippen molar-refractivity contribution in [2.45, 2.75) is 26.4 Å². The fraction of sp³-hybridized carbons (Fsp3) is 0.636. The normalized spacial score (nSPS) is 10.8. The van der Waals surface area contributed by atoms with Gasteiger partial charge >= 0.3 is 6.09 Å². The van der Waals surface area contributed by atoms with Crippen LogP contribution in [0.25, 0.3) is 0 Å². The van der Waals surface area contributed by atoms with E-state index in [4.69, 9.17) is 9.47 Å². The van der Waals surface area contributed by atoms with Crippen LogP contribution in [0.15, 0.2) is 17.3 Å². The van der Waals surface area contributed by atoms with E-state index < -0.39 is 11.7 Å². The fourth-order valence-corrected chi connectivity index (χ4v) is 0.916. The number of hydrogen-bond donors (Lipinski definition) is 0. The van der Waals surface area contributed by atoms with Crippen LogP contribution in [-0.2, 0) is 9.47 Å². The van der Waals surface area contributed by atoms with Gasteiger partial charge in [-0.1, -0.05) is 6.58 Å². The first kappa shape index (κ1) is 14.6. The summed E-state index contributed by atoms with van der Waals surface area (Å²) in [6.45, 7) is 12.8. The van der Waals surface area contributed by atoms with Crippen molar-refractivity contribution in [1.82, 2.24) is 4.90 Å². The van der Waals surface area contributed by atoms with Crippen LogP contribution in [-0.4, -0.2) is 43.7 Å². The number of amides is 1. The molecular weight excluding hydrogens is 208 g/mol. The zero-order valence-electron chi connectivity index (χ0n) is 10.4. The maximum atomic E-state index is 11.7. The Morgan fingerprint density at radius 3 is 2.38 bits per heavy atom. The van der Waals surface area contributed by atoms with Crippen molar-refractivity contribution in [3.63, 3.8) is 0 Å². The molecule has 0 rings (SSSR count). The molecule has 5 nitrogen and oxygen atoms in total. The summed E-state index contributed by atoms with van der Waals surface area (Å²) in [6.07, 6.45) is -0.459. The Morgan fingerprint density at radius 1 is 1.44 bits per heavy atom. The molecule has 0 heterocycles. The highest BCUT2D eigenvalue weighted by Gasteiger charge is 2.22. The Balaban J connectivity index is 4.46. The molecule has 0 saturated heterocycles. The zero-order chi connectivity index (χ0) is 12.8. The lowest BCUT2D eigenvalue weighted by Gasteiger charge is -2.26. The maximum absolute atomic E-state index is 11.7. The molecule has 0 unspecified atom stereocenters. The Bertz CT molecular complexity index is 269. The van der Waals surface area contributed by atoms with E-state index in [1.54, 1.807) is 20.8 Å². The molecule has 0 aromatic heterocycles. The molecule has 0 N–H and O–H groups in total. The first-order chi connectivity index (χ1) is 7.30. The first-order valence-corrected chi connectivity index (χ1v) is 4.91. The molecule has 0 bridgehead atoms. The largest absolute Gasteiger partial charge is 0.444 e. The number of carbonyl (C=O) groups excluding carboxylic acids is 1. The number of ether oxygens (including phenoxy) is 2. The summed E-state index contributed by atoms with van der Waals surface area (Å²) in [5.74, 6) is 0. The second-order valence-electron chi connectivity index (χ2n) is 4.32. The molecule has 0 fully saturated rings. The van der Waals surface area contributed by atoms with Crippen molar-refractivity contribution in [2.24, 2.45) is 4.99 Å². The standard InChI is InChI=1S/C11H20N2O3/c1-9(12-5)7-13(8-15-6)10(14)16-11(2,3)4/h1,5,7-8H2,2-4,6H3. The highest BCUT2D eigenvalue weighted by Crippen LogP contribution is 2.11. The van der Waals surface area contributed by atoms with E-state index in [-0.39, 0.29) is 13.3 Å². The predicted molar refractivity (Wildman–Crippen MR) is 63.5 cm³/mol. The van der Waals surface area contributed by atoms with Gasteiger partial charge in [-0.2, -0.15) is 0 Å². The monoisotopic (exact) mass is 228 g/mol. The zero-order valence-corrected chi connectivity index (χ0v) is 10.4. The van der Waals surface area contributed by atoms with Gasteiger partial charge < -0.3 is 9.47 Å². The van der Waals surface area contributed by atoms with E-state index in [9.17, 15) is 4.79 Å². The Morgan fingerprint density at radius 2 is 2.00 bits per heavy atom. The van der Waals surface area contributed by atoms with Crippen molar-refractivity contribution in [2.75, 3.05) is 20.4 Å². The van der Waals surface area contributed by atoms with Gasteiger partial charge in [0.2, 0.25) is 0 Å². The van der Waals surface area contributed by atoms with Gasteiger partial charge in [0.1, 0.15) is 12.3 Å². The van der Waals surface area contributed by atoms with Gasteiger partial charge in [0.25, 0.3) is 0 Å². The summed E-state index contributed by atoms with van der Waals surface area (Å²) in [6, 6.07) is 0.